The van der Waals surface area contributed by atoms with Crippen molar-refractivity contribution in [1.29, 1.82) is 0 Å². The van der Waals surface area contributed by atoms with Crippen LogP contribution in [0, 0.1) is 6.92 Å². The zero-order valence-corrected chi connectivity index (χ0v) is 9.82. The summed E-state index contributed by atoms with van der Waals surface area (Å²) in [6.07, 6.45) is 5.39. The Morgan fingerprint density at radius 1 is 1.56 bits per heavy atom. The lowest BCUT2D eigenvalue weighted by Crippen LogP contribution is -2.17. The first-order valence-corrected chi connectivity index (χ1v) is 5.86. The summed E-state index contributed by atoms with van der Waals surface area (Å²) in [6.45, 7) is 4.11. The van der Waals surface area contributed by atoms with Crippen LogP contribution in [0.25, 0.3) is 0 Å². The van der Waals surface area contributed by atoms with E-state index in [-0.39, 0.29) is 5.97 Å². The second-order valence-electron chi connectivity index (χ2n) is 4.21. The van der Waals surface area contributed by atoms with E-state index in [1.54, 1.807) is 6.20 Å². The second-order valence-corrected chi connectivity index (χ2v) is 4.21. The first-order chi connectivity index (χ1) is 7.74. The van der Waals surface area contributed by atoms with Gasteiger partial charge in [-0.25, -0.2) is 4.79 Å². The maximum Gasteiger partial charge on any atom is 0.340 e. The molecule has 1 aromatic heterocycles. The number of aromatic nitrogens is 1. The molecule has 0 amide bonds. The molecular formula is C13H17NO2. The van der Waals surface area contributed by atoms with E-state index in [0.717, 1.165) is 11.3 Å². The predicted octanol–water partition coefficient (Wildman–Crippen LogP) is 2.83. The van der Waals surface area contributed by atoms with Crippen molar-refractivity contribution in [2.75, 3.05) is 6.61 Å². The van der Waals surface area contributed by atoms with Gasteiger partial charge in [-0.2, -0.15) is 0 Å². The van der Waals surface area contributed by atoms with Gasteiger partial charge >= 0.3 is 5.97 Å². The number of hydrogen-bond acceptors (Lipinski definition) is 3. The lowest BCUT2D eigenvalue weighted by molar-refractivity contribution is 0.0522. The lowest BCUT2D eigenvalue weighted by atomic mass is 9.78. The summed E-state index contributed by atoms with van der Waals surface area (Å²) in [5.41, 5.74) is 2.59. The molecule has 1 aliphatic rings. The van der Waals surface area contributed by atoms with E-state index < -0.39 is 0 Å². The van der Waals surface area contributed by atoms with Gasteiger partial charge in [-0.15, -0.1) is 0 Å². The summed E-state index contributed by atoms with van der Waals surface area (Å²) in [7, 11) is 0. The summed E-state index contributed by atoms with van der Waals surface area (Å²) < 4.78 is 5.09. The number of ether oxygens (including phenoxy) is 1. The summed E-state index contributed by atoms with van der Waals surface area (Å²) in [5, 5.41) is 0. The first kappa shape index (κ1) is 11.1. The summed E-state index contributed by atoms with van der Waals surface area (Å²) in [4.78, 5) is 16.1. The van der Waals surface area contributed by atoms with Crippen molar-refractivity contribution in [3.8, 4) is 0 Å². The van der Waals surface area contributed by atoms with Gasteiger partial charge in [0.05, 0.1) is 17.9 Å². The van der Waals surface area contributed by atoms with E-state index >= 15 is 0 Å². The van der Waals surface area contributed by atoms with Crippen molar-refractivity contribution >= 4 is 5.97 Å². The molecule has 0 aliphatic heterocycles. The van der Waals surface area contributed by atoms with E-state index in [1.807, 2.05) is 19.9 Å². The highest BCUT2D eigenvalue weighted by Gasteiger charge is 2.26. The molecule has 0 N–H and O–H groups in total. The molecule has 1 heterocycles. The van der Waals surface area contributed by atoms with Crippen molar-refractivity contribution in [2.24, 2.45) is 0 Å². The molecule has 1 aromatic rings. The normalized spacial score (nSPS) is 15.6. The molecule has 16 heavy (non-hydrogen) atoms. The molecule has 1 fully saturated rings. The van der Waals surface area contributed by atoms with Crippen molar-refractivity contribution in [3.63, 3.8) is 0 Å². The lowest BCUT2D eigenvalue weighted by Gasteiger charge is -2.27. The SMILES string of the molecule is CCOC(=O)c1c(C2CCC2)ccnc1C. The standard InChI is InChI=1S/C13H17NO2/c1-3-16-13(15)12-9(2)14-8-7-11(12)10-5-4-6-10/h7-8,10H,3-6H2,1-2H3. The maximum absolute atomic E-state index is 11.9. The zero-order valence-electron chi connectivity index (χ0n) is 9.82. The van der Waals surface area contributed by atoms with Crippen molar-refractivity contribution in [3.05, 3.63) is 29.1 Å². The number of carbonyl (C=O) groups is 1. The molecule has 0 radical (unpaired) electrons. The van der Waals surface area contributed by atoms with Gasteiger partial charge < -0.3 is 4.74 Å². The molecule has 0 bridgehead atoms. The molecule has 2 rings (SSSR count). The third kappa shape index (κ3) is 1.94. The highest BCUT2D eigenvalue weighted by molar-refractivity contribution is 5.92. The number of pyridine rings is 1. The van der Waals surface area contributed by atoms with Crippen LogP contribution in [0.2, 0.25) is 0 Å². The van der Waals surface area contributed by atoms with Crippen LogP contribution in [0.15, 0.2) is 12.3 Å². The van der Waals surface area contributed by atoms with Gasteiger partial charge in [0.1, 0.15) is 0 Å². The monoisotopic (exact) mass is 219 g/mol. The van der Waals surface area contributed by atoms with Crippen LogP contribution < -0.4 is 0 Å². The van der Waals surface area contributed by atoms with Crippen LogP contribution in [0.1, 0.15) is 53.7 Å². The Morgan fingerprint density at radius 3 is 2.88 bits per heavy atom. The van der Waals surface area contributed by atoms with Gasteiger partial charge in [0.25, 0.3) is 0 Å². The van der Waals surface area contributed by atoms with Gasteiger partial charge in [0.2, 0.25) is 0 Å². The van der Waals surface area contributed by atoms with E-state index in [0.29, 0.717) is 18.1 Å². The van der Waals surface area contributed by atoms with Crippen LogP contribution in [0.5, 0.6) is 0 Å². The topological polar surface area (TPSA) is 39.2 Å². The number of carbonyl (C=O) groups excluding carboxylic acids is 1. The van der Waals surface area contributed by atoms with Gasteiger partial charge in [-0.05, 0) is 44.2 Å². The molecule has 0 unspecified atom stereocenters. The average Bonchev–Trinajstić information content (AvgIpc) is 2.15. The maximum atomic E-state index is 11.9. The Labute approximate surface area is 95.8 Å². The van der Waals surface area contributed by atoms with Crippen LogP contribution in [0.3, 0.4) is 0 Å². The molecule has 1 aliphatic carbocycles. The third-order valence-electron chi connectivity index (χ3n) is 3.20. The minimum Gasteiger partial charge on any atom is -0.462 e. The quantitative estimate of drug-likeness (QED) is 0.734. The Balaban J connectivity index is 2.35. The van der Waals surface area contributed by atoms with Crippen LogP contribution >= 0.6 is 0 Å². The second kappa shape index (κ2) is 4.64. The van der Waals surface area contributed by atoms with Crippen LogP contribution in [0.4, 0.5) is 0 Å². The molecular weight excluding hydrogens is 202 g/mol. The number of hydrogen-bond donors (Lipinski definition) is 0. The molecule has 1 saturated carbocycles. The van der Waals surface area contributed by atoms with Crippen molar-refractivity contribution in [2.45, 2.75) is 39.0 Å². The Kier molecular flexibility index (Phi) is 3.22. The minimum absolute atomic E-state index is 0.227. The summed E-state index contributed by atoms with van der Waals surface area (Å²) in [5.74, 6) is 0.302. The molecule has 3 nitrogen and oxygen atoms in total. The molecule has 3 heteroatoms. The highest BCUT2D eigenvalue weighted by atomic mass is 16.5. The Bertz CT molecular complexity index is 397. The highest BCUT2D eigenvalue weighted by Crippen LogP contribution is 2.38. The van der Waals surface area contributed by atoms with Gasteiger partial charge in [0.15, 0.2) is 0 Å². The molecule has 0 atom stereocenters. The predicted molar refractivity (Wildman–Crippen MR) is 61.5 cm³/mol. The first-order valence-electron chi connectivity index (χ1n) is 5.86. The fourth-order valence-corrected chi connectivity index (χ4v) is 2.11. The van der Waals surface area contributed by atoms with Gasteiger partial charge in [0, 0.05) is 6.20 Å². The number of rotatable bonds is 3. The summed E-state index contributed by atoms with van der Waals surface area (Å²) >= 11 is 0. The smallest absolute Gasteiger partial charge is 0.340 e. The number of aryl methyl sites for hydroxylation is 1. The average molecular weight is 219 g/mol. The number of nitrogens with zero attached hydrogens (tertiary/aromatic N) is 1. The van der Waals surface area contributed by atoms with Crippen LogP contribution in [-0.4, -0.2) is 17.6 Å². The van der Waals surface area contributed by atoms with Crippen LogP contribution in [-0.2, 0) is 4.74 Å². The molecule has 86 valence electrons. The zero-order chi connectivity index (χ0) is 11.5. The van der Waals surface area contributed by atoms with Crippen molar-refractivity contribution in [1.82, 2.24) is 4.98 Å². The van der Waals surface area contributed by atoms with Gasteiger partial charge in [-0.1, -0.05) is 6.42 Å². The molecule has 0 saturated heterocycles. The largest absolute Gasteiger partial charge is 0.462 e. The third-order valence-corrected chi connectivity index (χ3v) is 3.20. The van der Waals surface area contributed by atoms with E-state index in [4.69, 9.17) is 4.74 Å². The van der Waals surface area contributed by atoms with Gasteiger partial charge in [-0.3, -0.25) is 4.98 Å². The van der Waals surface area contributed by atoms with E-state index in [2.05, 4.69) is 4.98 Å². The number of esters is 1. The fourth-order valence-electron chi connectivity index (χ4n) is 2.11. The minimum atomic E-state index is -0.227. The molecule has 0 aromatic carbocycles. The molecule has 0 spiro atoms. The summed E-state index contributed by atoms with van der Waals surface area (Å²) in [6, 6.07) is 1.96. The van der Waals surface area contributed by atoms with E-state index in [9.17, 15) is 4.79 Å². The Morgan fingerprint density at radius 2 is 2.31 bits per heavy atom. The van der Waals surface area contributed by atoms with E-state index in [1.165, 1.54) is 19.3 Å². The Hall–Kier alpha value is -1.38. The fraction of sp³-hybridized carbons (Fsp3) is 0.538. The van der Waals surface area contributed by atoms with Crippen molar-refractivity contribution < 1.29 is 9.53 Å².